The summed E-state index contributed by atoms with van der Waals surface area (Å²) >= 11 is 0. The van der Waals surface area contributed by atoms with Gasteiger partial charge in [0.25, 0.3) is 5.91 Å². The number of nitrogens with one attached hydrogen (secondary N) is 1. The van der Waals surface area contributed by atoms with Gasteiger partial charge in [0, 0.05) is 19.4 Å². The zero-order valence-electron chi connectivity index (χ0n) is 12.4. The predicted octanol–water partition coefficient (Wildman–Crippen LogP) is 1.58. The van der Waals surface area contributed by atoms with Gasteiger partial charge in [0.05, 0.1) is 12.7 Å². The van der Waals surface area contributed by atoms with Crippen molar-refractivity contribution in [1.29, 1.82) is 0 Å². The van der Waals surface area contributed by atoms with E-state index in [4.69, 9.17) is 4.42 Å². The minimum absolute atomic E-state index is 0.142. The lowest BCUT2D eigenvalue weighted by atomic mass is 10.1. The number of hydrogen-bond acceptors (Lipinski definition) is 5. The molecule has 0 saturated heterocycles. The third-order valence-electron chi connectivity index (χ3n) is 3.89. The maximum absolute atomic E-state index is 12.3. The maximum Gasteiger partial charge on any atom is 0.276 e. The second-order valence-electron chi connectivity index (χ2n) is 5.47. The van der Waals surface area contributed by atoms with Crippen LogP contribution in [0, 0.1) is 0 Å². The van der Waals surface area contributed by atoms with Crippen molar-refractivity contribution < 1.29 is 9.21 Å². The minimum Gasteiger partial charge on any atom is -0.445 e. The molecule has 0 radical (unpaired) electrons. The van der Waals surface area contributed by atoms with Gasteiger partial charge in [-0.2, -0.15) is 15.4 Å². The third kappa shape index (κ3) is 2.73. The van der Waals surface area contributed by atoms with E-state index in [1.54, 1.807) is 4.90 Å². The molecule has 0 saturated carbocycles. The Morgan fingerprint density at radius 3 is 2.96 bits per heavy atom. The number of fused-ring (bicyclic) bond motifs is 1. The van der Waals surface area contributed by atoms with Crippen molar-refractivity contribution in [2.75, 3.05) is 6.54 Å². The fourth-order valence-corrected chi connectivity index (χ4v) is 2.74. The minimum atomic E-state index is -0.142. The van der Waals surface area contributed by atoms with E-state index in [9.17, 15) is 4.79 Å². The van der Waals surface area contributed by atoms with Gasteiger partial charge in [-0.15, -0.1) is 0 Å². The number of benzene rings is 1. The Morgan fingerprint density at radius 2 is 2.17 bits per heavy atom. The molecule has 0 aliphatic carbocycles. The number of oxazole rings is 1. The van der Waals surface area contributed by atoms with Crippen LogP contribution < -0.4 is 0 Å². The number of carbonyl (C=O) groups excluding carboxylic acids is 1. The lowest BCUT2D eigenvalue weighted by Crippen LogP contribution is -2.36. The molecule has 1 aliphatic heterocycles. The van der Waals surface area contributed by atoms with Gasteiger partial charge >= 0.3 is 0 Å². The smallest absolute Gasteiger partial charge is 0.276 e. The highest BCUT2D eigenvalue weighted by Gasteiger charge is 2.27. The summed E-state index contributed by atoms with van der Waals surface area (Å²) in [6.07, 6.45) is 2.76. The van der Waals surface area contributed by atoms with Gasteiger partial charge in [-0.3, -0.25) is 4.79 Å². The number of nitrogens with zero attached hydrogens (tertiary/aromatic N) is 4. The van der Waals surface area contributed by atoms with Crippen LogP contribution in [0.1, 0.15) is 33.4 Å². The van der Waals surface area contributed by atoms with Crippen molar-refractivity contribution >= 4 is 5.91 Å². The molecule has 1 amide bonds. The van der Waals surface area contributed by atoms with Crippen LogP contribution >= 0.6 is 0 Å². The van der Waals surface area contributed by atoms with Crippen molar-refractivity contribution in [2.24, 2.45) is 0 Å². The summed E-state index contributed by atoms with van der Waals surface area (Å²) in [5.41, 5.74) is 2.31. The first-order valence-electron chi connectivity index (χ1n) is 7.46. The molecule has 7 heteroatoms. The monoisotopic (exact) mass is 309 g/mol. The van der Waals surface area contributed by atoms with Crippen LogP contribution in [0.5, 0.6) is 0 Å². The number of hydrogen-bond donors (Lipinski definition) is 1. The molecule has 7 nitrogen and oxygen atoms in total. The van der Waals surface area contributed by atoms with E-state index in [0.717, 1.165) is 17.0 Å². The Balaban J connectivity index is 1.51. The quantitative estimate of drug-likeness (QED) is 0.793. The molecule has 0 bridgehead atoms. The van der Waals surface area contributed by atoms with Crippen molar-refractivity contribution in [2.45, 2.75) is 19.4 Å². The van der Waals surface area contributed by atoms with Gasteiger partial charge in [0.1, 0.15) is 11.5 Å². The van der Waals surface area contributed by atoms with Crippen molar-refractivity contribution in [3.63, 3.8) is 0 Å². The number of carbonyl (C=O) groups is 1. The summed E-state index contributed by atoms with van der Waals surface area (Å²) in [4.78, 5) is 18.6. The predicted molar refractivity (Wildman–Crippen MR) is 80.6 cm³/mol. The van der Waals surface area contributed by atoms with Gasteiger partial charge in [-0.1, -0.05) is 30.3 Å². The first kappa shape index (κ1) is 13.7. The van der Waals surface area contributed by atoms with E-state index in [1.165, 1.54) is 6.20 Å². The highest BCUT2D eigenvalue weighted by atomic mass is 16.4. The second kappa shape index (κ2) is 5.68. The molecule has 0 atom stereocenters. The summed E-state index contributed by atoms with van der Waals surface area (Å²) < 4.78 is 5.85. The number of aromatic nitrogens is 4. The average Bonchev–Trinajstić information content (AvgIpc) is 3.23. The Kier molecular flexibility index (Phi) is 3.38. The lowest BCUT2D eigenvalue weighted by molar-refractivity contribution is 0.0722. The van der Waals surface area contributed by atoms with Gasteiger partial charge in [0.15, 0.2) is 11.6 Å². The highest BCUT2D eigenvalue weighted by molar-refractivity contribution is 5.91. The molecule has 116 valence electrons. The van der Waals surface area contributed by atoms with E-state index in [0.29, 0.717) is 37.5 Å². The molecular formula is C16H15N5O2. The molecule has 3 heterocycles. The first-order chi connectivity index (χ1) is 11.3. The van der Waals surface area contributed by atoms with Crippen molar-refractivity contribution in [3.8, 4) is 0 Å². The van der Waals surface area contributed by atoms with Crippen LogP contribution in [-0.4, -0.2) is 37.7 Å². The molecule has 0 unspecified atom stereocenters. The molecule has 3 aromatic rings. The summed E-state index contributed by atoms with van der Waals surface area (Å²) in [6.45, 7) is 1.04. The van der Waals surface area contributed by atoms with Crippen LogP contribution in [0.2, 0.25) is 0 Å². The molecule has 2 aromatic heterocycles. The van der Waals surface area contributed by atoms with E-state index in [-0.39, 0.29) is 5.91 Å². The summed E-state index contributed by atoms with van der Waals surface area (Å²) in [7, 11) is 0. The fourth-order valence-electron chi connectivity index (χ4n) is 2.74. The molecule has 1 aliphatic rings. The summed E-state index contributed by atoms with van der Waals surface area (Å²) in [6, 6.07) is 10.1. The van der Waals surface area contributed by atoms with Gasteiger partial charge < -0.3 is 9.32 Å². The van der Waals surface area contributed by atoms with E-state index < -0.39 is 0 Å². The van der Waals surface area contributed by atoms with Crippen LogP contribution in [-0.2, 0) is 19.4 Å². The standard InChI is InChI=1S/C16H15N5O2/c22-16(12-9-17-20-19-12)21-7-6-14-13(10-21)18-15(23-14)8-11-4-2-1-3-5-11/h1-5,9H,6-8,10H2,(H,17,19,20). The maximum atomic E-state index is 12.3. The Labute approximate surface area is 132 Å². The van der Waals surface area contributed by atoms with E-state index >= 15 is 0 Å². The molecule has 0 spiro atoms. The normalized spacial score (nSPS) is 13.8. The van der Waals surface area contributed by atoms with E-state index in [2.05, 4.69) is 20.4 Å². The first-order valence-corrected chi connectivity index (χ1v) is 7.46. The largest absolute Gasteiger partial charge is 0.445 e. The molecule has 4 rings (SSSR count). The zero-order chi connectivity index (χ0) is 15.6. The third-order valence-corrected chi connectivity index (χ3v) is 3.89. The molecule has 23 heavy (non-hydrogen) atoms. The topological polar surface area (TPSA) is 87.9 Å². The Morgan fingerprint density at radius 1 is 1.30 bits per heavy atom. The number of aromatic amines is 1. The van der Waals surface area contributed by atoms with E-state index in [1.807, 2.05) is 30.3 Å². The molecule has 0 fully saturated rings. The van der Waals surface area contributed by atoms with Gasteiger partial charge in [-0.05, 0) is 5.56 Å². The SMILES string of the molecule is O=C(c1cn[nH]n1)N1CCc2oc(Cc3ccccc3)nc2C1. The van der Waals surface area contributed by atoms with Gasteiger partial charge in [-0.25, -0.2) is 4.98 Å². The molecule has 1 N–H and O–H groups in total. The molecule has 1 aromatic carbocycles. The Bertz CT molecular complexity index is 810. The number of rotatable bonds is 3. The highest BCUT2D eigenvalue weighted by Crippen LogP contribution is 2.22. The van der Waals surface area contributed by atoms with Crippen molar-refractivity contribution in [3.05, 3.63) is 65.1 Å². The second-order valence-corrected chi connectivity index (χ2v) is 5.47. The average molecular weight is 309 g/mol. The summed E-state index contributed by atoms with van der Waals surface area (Å²) in [5.74, 6) is 1.43. The molecular weight excluding hydrogens is 294 g/mol. The summed E-state index contributed by atoms with van der Waals surface area (Å²) in [5, 5.41) is 9.97. The van der Waals surface area contributed by atoms with Crippen LogP contribution in [0.15, 0.2) is 40.9 Å². The fraction of sp³-hybridized carbons (Fsp3) is 0.250. The van der Waals surface area contributed by atoms with Crippen LogP contribution in [0.3, 0.4) is 0 Å². The number of H-pyrrole nitrogens is 1. The number of amides is 1. The van der Waals surface area contributed by atoms with Crippen molar-refractivity contribution in [1.82, 2.24) is 25.3 Å². The zero-order valence-corrected chi connectivity index (χ0v) is 12.4. The van der Waals surface area contributed by atoms with Crippen LogP contribution in [0.25, 0.3) is 0 Å². The Hall–Kier alpha value is -2.96. The lowest BCUT2D eigenvalue weighted by Gasteiger charge is -2.24. The van der Waals surface area contributed by atoms with Gasteiger partial charge in [0.2, 0.25) is 0 Å². The van der Waals surface area contributed by atoms with Crippen LogP contribution in [0.4, 0.5) is 0 Å².